The predicted octanol–water partition coefficient (Wildman–Crippen LogP) is 23.6. The minimum atomic E-state index is -0.593. The average Bonchev–Trinajstić information content (AvgIpc) is 0.822. The molecule has 8 aliphatic heterocycles. The van der Waals surface area contributed by atoms with Crippen LogP contribution in [0.15, 0.2) is 147 Å². The molecule has 24 heteroatoms. The number of pyridine rings is 8. The van der Waals surface area contributed by atoms with Gasteiger partial charge in [-0.15, -0.1) is 0 Å². The Bertz CT molecular complexity index is 4310. The van der Waals surface area contributed by atoms with E-state index in [1.165, 1.54) is 45.5 Å². The number of aliphatic hydroxyl groups is 8. The van der Waals surface area contributed by atoms with Crippen molar-refractivity contribution < 1.29 is 40.9 Å². The molecular formula is C123H198N16O8. The first-order chi connectivity index (χ1) is 69.5. The number of anilines is 8. The third-order valence-corrected chi connectivity index (χ3v) is 31.8. The molecule has 8 aromatic heterocycles. The van der Waals surface area contributed by atoms with E-state index in [0.29, 0.717) is 94.7 Å². The zero-order valence-electron chi connectivity index (χ0n) is 95.8. The van der Waals surface area contributed by atoms with E-state index in [-0.39, 0.29) is 30.5 Å². The van der Waals surface area contributed by atoms with E-state index in [0.717, 1.165) is 253 Å². The maximum absolute atomic E-state index is 10.2. The van der Waals surface area contributed by atoms with Crippen LogP contribution in [0.4, 0.5) is 45.5 Å². The molecule has 0 radical (unpaired) electrons. The lowest BCUT2D eigenvalue weighted by molar-refractivity contribution is 0.0106. The predicted molar refractivity (Wildman–Crippen MR) is 613 cm³/mol. The number of rotatable bonds is 24. The zero-order chi connectivity index (χ0) is 108. The molecule has 13 atom stereocenters. The highest BCUT2D eigenvalue weighted by Gasteiger charge is 2.37. The van der Waals surface area contributed by atoms with Crippen LogP contribution in [0.2, 0.25) is 0 Å². The van der Waals surface area contributed by atoms with Gasteiger partial charge in [-0.1, -0.05) is 111 Å². The van der Waals surface area contributed by atoms with Crippen LogP contribution >= 0.6 is 0 Å². The lowest BCUT2D eigenvalue weighted by Gasteiger charge is -2.39. The Kier molecular flexibility index (Phi) is 48.7. The number of piperidine rings is 8. The van der Waals surface area contributed by atoms with Gasteiger partial charge in [-0.25, -0.2) is 0 Å². The van der Waals surface area contributed by atoms with Crippen LogP contribution in [-0.4, -0.2) is 233 Å². The Balaban J connectivity index is 0.000000187. The smallest absolute Gasteiger partial charge is 0.0636 e. The fraction of sp³-hybridized carbons (Fsp3) is 0.675. The van der Waals surface area contributed by atoms with Crippen LogP contribution in [-0.2, 0) is 0 Å². The second-order valence-corrected chi connectivity index (χ2v) is 48.0. The minimum absolute atomic E-state index is 0.212. The molecule has 8 aliphatic rings. The van der Waals surface area contributed by atoms with E-state index in [4.69, 9.17) is 0 Å². The van der Waals surface area contributed by atoms with Gasteiger partial charge in [0.1, 0.15) is 0 Å². The van der Waals surface area contributed by atoms with Gasteiger partial charge in [0.05, 0.1) is 142 Å². The molecule has 16 rings (SSSR count). The van der Waals surface area contributed by atoms with Crippen LogP contribution in [0.25, 0.3) is 0 Å². The van der Waals surface area contributed by atoms with Crippen molar-refractivity contribution in [2.75, 3.05) is 144 Å². The molecule has 8 fully saturated rings. The first-order valence-corrected chi connectivity index (χ1v) is 56.8. The van der Waals surface area contributed by atoms with E-state index in [9.17, 15) is 40.9 Å². The molecule has 0 saturated carbocycles. The topological polar surface area (TPSA) is 291 Å². The normalized spacial score (nSPS) is 21.8. The average molecular weight is 2030 g/mol. The SMILES string of the molecule is CC(C)c1ccc(N2CCCC(C(C)(C)O)C2)cn1.CC(C)c1ccc(N2CCCC(C(C)O)C2)cn1.CC(C)c1ccc(N2CCC[C@@H](C(C)(C)O)C2)cn1.CC(C)c1ccc(N2CCC[C@@H]([C@@H](C)O)C2)cn1.CC(C)c1ccc(N2CCC[C@@H]([C@H](C)O)C2)cn1.CC(C)c1ccc(N2CCC[C@H](C(C)(C)O)C2)cn1.CC(C)c1ccc(N2CCC[C@H]([C@@H](C)O)C2)cn1.CC(C)c1ccc(N2CCC[C@H]([C@H](C)O)C2)cn1. The number of hydrogen-bond acceptors (Lipinski definition) is 24. The second kappa shape index (κ2) is 58.8. The summed E-state index contributed by atoms with van der Waals surface area (Å²) < 4.78 is 0. The summed E-state index contributed by atoms with van der Waals surface area (Å²) in [5, 5.41) is 79.1. The summed E-state index contributed by atoms with van der Waals surface area (Å²) in [7, 11) is 0. The molecule has 8 aromatic rings. The first-order valence-electron chi connectivity index (χ1n) is 56.8. The van der Waals surface area contributed by atoms with E-state index >= 15 is 0 Å². The maximum Gasteiger partial charge on any atom is 0.0636 e. The summed E-state index contributed by atoms with van der Waals surface area (Å²) in [5.74, 6) is 6.78. The van der Waals surface area contributed by atoms with Gasteiger partial charge in [0.2, 0.25) is 0 Å². The van der Waals surface area contributed by atoms with E-state index in [1.54, 1.807) is 0 Å². The van der Waals surface area contributed by atoms with E-state index < -0.39 is 16.8 Å². The van der Waals surface area contributed by atoms with Gasteiger partial charge in [-0.3, -0.25) is 39.9 Å². The molecule has 8 N–H and O–H groups in total. The Morgan fingerprint density at radius 1 is 0.197 bits per heavy atom. The lowest BCUT2D eigenvalue weighted by atomic mass is 9.84. The Morgan fingerprint density at radius 2 is 0.320 bits per heavy atom. The van der Waals surface area contributed by atoms with Crippen molar-refractivity contribution in [3.63, 3.8) is 0 Å². The highest BCUT2D eigenvalue weighted by Crippen LogP contribution is 2.38. The lowest BCUT2D eigenvalue weighted by Crippen LogP contribution is -2.44. The van der Waals surface area contributed by atoms with Gasteiger partial charge in [-0.05, 0) is 323 Å². The molecule has 0 aromatic carbocycles. The Labute approximate surface area is 888 Å². The molecule has 0 spiro atoms. The minimum Gasteiger partial charge on any atom is -0.393 e. The molecule has 0 amide bonds. The third-order valence-electron chi connectivity index (χ3n) is 31.8. The van der Waals surface area contributed by atoms with Gasteiger partial charge < -0.3 is 80.1 Å². The molecular weight excluding hydrogens is 1830 g/mol. The Hall–Kier alpha value is -8.72. The van der Waals surface area contributed by atoms with Crippen molar-refractivity contribution in [2.45, 2.75) is 384 Å². The molecule has 24 nitrogen and oxygen atoms in total. The van der Waals surface area contributed by atoms with Crippen LogP contribution < -0.4 is 39.2 Å². The highest BCUT2D eigenvalue weighted by molar-refractivity contribution is 5.52. The van der Waals surface area contributed by atoms with Crippen molar-refractivity contribution in [3.8, 4) is 0 Å². The number of aromatic nitrogens is 8. The molecule has 0 aliphatic carbocycles. The van der Waals surface area contributed by atoms with Gasteiger partial charge >= 0.3 is 0 Å². The quantitative estimate of drug-likeness (QED) is 0.0279. The first kappa shape index (κ1) is 122. The summed E-state index contributed by atoms with van der Waals surface area (Å²) in [6.07, 6.45) is 32.9. The van der Waals surface area contributed by atoms with Gasteiger partial charge in [-0.2, -0.15) is 0 Å². The standard InChI is InChI=1S/3C16H26N2O.5C15H24N2O/c3*1-12(2)15-8-7-14(10-17-15)18-9-5-6-13(11-18)16(3,4)19;5*1-11(2)15-7-6-14(9-16-15)17-8-4-5-13(10-17)12(3)18/h3*7-8,10,12-13,19H,5-6,9,11H2,1-4H3;5*6-7,9,11-13,18H,4-5,8,10H2,1-3H3/t2*13-;;2*12-,13+;2*12-,13-;/m10.1010./s1. The molecule has 8 saturated heterocycles. The van der Waals surface area contributed by atoms with Crippen molar-refractivity contribution in [1.82, 2.24) is 39.9 Å². The van der Waals surface area contributed by atoms with Gasteiger partial charge in [0.15, 0.2) is 0 Å². The fourth-order valence-electron chi connectivity index (χ4n) is 21.0. The van der Waals surface area contributed by atoms with Crippen LogP contribution in [0.3, 0.4) is 0 Å². The monoisotopic (exact) mass is 2030 g/mol. The molecule has 818 valence electrons. The van der Waals surface area contributed by atoms with Crippen LogP contribution in [0.1, 0.15) is 383 Å². The van der Waals surface area contributed by atoms with Crippen LogP contribution in [0, 0.1) is 47.3 Å². The second-order valence-electron chi connectivity index (χ2n) is 48.0. The number of aliphatic hydroxyl groups excluding tert-OH is 5. The van der Waals surface area contributed by atoms with Crippen molar-refractivity contribution >= 4 is 45.5 Å². The van der Waals surface area contributed by atoms with Crippen molar-refractivity contribution in [3.05, 3.63) is 192 Å². The summed E-state index contributed by atoms with van der Waals surface area (Å²) in [4.78, 5) is 55.0. The number of hydrogen-bond donors (Lipinski definition) is 8. The summed E-state index contributed by atoms with van der Waals surface area (Å²) in [6, 6.07) is 34.2. The third kappa shape index (κ3) is 39.2. The van der Waals surface area contributed by atoms with Crippen molar-refractivity contribution in [2.24, 2.45) is 47.3 Å². The molecule has 0 bridgehead atoms. The highest BCUT2D eigenvalue weighted by atomic mass is 16.3. The molecule has 16 heterocycles. The fourth-order valence-corrected chi connectivity index (χ4v) is 21.0. The number of nitrogens with zero attached hydrogens (tertiary/aromatic N) is 16. The Morgan fingerprint density at radius 3 is 0.422 bits per heavy atom. The maximum atomic E-state index is 10.2. The summed E-state index contributed by atoms with van der Waals surface area (Å²) >= 11 is 0. The largest absolute Gasteiger partial charge is 0.393 e. The summed E-state index contributed by atoms with van der Waals surface area (Å²) in [5.41, 5.74) is 16.8. The van der Waals surface area contributed by atoms with Gasteiger partial charge in [0.25, 0.3) is 0 Å². The van der Waals surface area contributed by atoms with Crippen molar-refractivity contribution in [1.29, 1.82) is 0 Å². The summed E-state index contributed by atoms with van der Waals surface area (Å²) in [6.45, 7) is 71.6. The molecule has 3 unspecified atom stereocenters. The molecule has 147 heavy (non-hydrogen) atoms. The van der Waals surface area contributed by atoms with Crippen LogP contribution in [0.5, 0.6) is 0 Å². The zero-order valence-corrected chi connectivity index (χ0v) is 95.8. The van der Waals surface area contributed by atoms with Gasteiger partial charge in [0, 0.05) is 198 Å². The van der Waals surface area contributed by atoms with E-state index in [1.807, 2.05) is 126 Å². The van der Waals surface area contributed by atoms with E-state index in [2.05, 4.69) is 287 Å².